The molecule has 1 aromatic heterocycles. The third kappa shape index (κ3) is 3.03. The van der Waals surface area contributed by atoms with Crippen molar-refractivity contribution in [2.75, 3.05) is 12.4 Å². The zero-order chi connectivity index (χ0) is 19.0. The quantitative estimate of drug-likeness (QED) is 0.449. The molecule has 0 saturated carbocycles. The number of nitrogens with one attached hydrogen (secondary N) is 1. The summed E-state index contributed by atoms with van der Waals surface area (Å²) in [5.41, 5.74) is 3.81. The number of nitrogens with zero attached hydrogens (tertiary/aromatic N) is 2. The van der Waals surface area contributed by atoms with Crippen molar-refractivity contribution in [3.8, 4) is 11.8 Å². The van der Waals surface area contributed by atoms with E-state index in [1.54, 1.807) is 13.3 Å². The van der Waals surface area contributed by atoms with E-state index in [9.17, 15) is 5.26 Å². The summed E-state index contributed by atoms with van der Waals surface area (Å²) in [6.07, 6.45) is 1.60. The van der Waals surface area contributed by atoms with Crippen LogP contribution in [0.4, 0.5) is 11.4 Å². The monoisotopic (exact) mass is 373 g/mol. The Morgan fingerprint density at radius 2 is 1.85 bits per heavy atom. The second kappa shape index (κ2) is 6.79. The van der Waals surface area contributed by atoms with Crippen molar-refractivity contribution in [3.63, 3.8) is 0 Å². The molecule has 0 amide bonds. The van der Waals surface area contributed by atoms with Crippen LogP contribution in [0, 0.1) is 18.3 Å². The summed E-state index contributed by atoms with van der Waals surface area (Å²) < 4.78 is 5.33. The van der Waals surface area contributed by atoms with Crippen LogP contribution in [-0.4, -0.2) is 12.1 Å². The number of nitriles is 1. The molecular formula is C22H16ClN3O. The highest BCUT2D eigenvalue weighted by Gasteiger charge is 2.13. The van der Waals surface area contributed by atoms with Gasteiger partial charge in [-0.15, -0.1) is 0 Å². The number of fused-ring (bicyclic) bond motifs is 2. The number of hydrogen-bond acceptors (Lipinski definition) is 4. The SMILES string of the molecule is COc1cc(Nc2c(C#N)cnc3cc4ccccc4cc23)c(C)cc1Cl. The molecule has 0 radical (unpaired) electrons. The van der Waals surface area contributed by atoms with Crippen LogP contribution in [-0.2, 0) is 0 Å². The lowest BCUT2D eigenvalue weighted by molar-refractivity contribution is 0.415. The number of methoxy groups -OCH3 is 1. The molecule has 5 heteroatoms. The van der Waals surface area contributed by atoms with E-state index in [4.69, 9.17) is 16.3 Å². The number of benzene rings is 3. The van der Waals surface area contributed by atoms with Crippen LogP contribution in [0.5, 0.6) is 5.75 Å². The predicted octanol–water partition coefficient (Wildman–Crippen LogP) is 5.97. The fourth-order valence-corrected chi connectivity index (χ4v) is 3.47. The van der Waals surface area contributed by atoms with Crippen molar-refractivity contribution in [1.29, 1.82) is 5.26 Å². The first kappa shape index (κ1) is 17.1. The average molecular weight is 374 g/mol. The van der Waals surface area contributed by atoms with Gasteiger partial charge in [-0.3, -0.25) is 4.98 Å². The molecule has 1 N–H and O–H groups in total. The van der Waals surface area contributed by atoms with Crippen molar-refractivity contribution >= 4 is 44.7 Å². The fraction of sp³-hybridized carbons (Fsp3) is 0.0909. The van der Waals surface area contributed by atoms with Gasteiger partial charge in [-0.2, -0.15) is 5.26 Å². The minimum Gasteiger partial charge on any atom is -0.495 e. The summed E-state index contributed by atoms with van der Waals surface area (Å²) in [7, 11) is 1.58. The molecule has 0 aliphatic carbocycles. The van der Waals surface area contributed by atoms with Gasteiger partial charge in [0.15, 0.2) is 0 Å². The number of aromatic nitrogens is 1. The lowest BCUT2D eigenvalue weighted by Crippen LogP contribution is -1.99. The largest absolute Gasteiger partial charge is 0.495 e. The number of ether oxygens (including phenoxy) is 1. The molecule has 132 valence electrons. The van der Waals surface area contributed by atoms with Crippen LogP contribution in [0.15, 0.2) is 54.7 Å². The van der Waals surface area contributed by atoms with Gasteiger partial charge in [0, 0.05) is 23.3 Å². The van der Waals surface area contributed by atoms with Gasteiger partial charge < -0.3 is 10.1 Å². The highest BCUT2D eigenvalue weighted by atomic mass is 35.5. The van der Waals surface area contributed by atoms with Gasteiger partial charge in [0.2, 0.25) is 0 Å². The van der Waals surface area contributed by atoms with Crippen molar-refractivity contribution in [1.82, 2.24) is 4.98 Å². The zero-order valence-electron chi connectivity index (χ0n) is 14.9. The van der Waals surface area contributed by atoms with E-state index in [0.717, 1.165) is 38.6 Å². The Bertz CT molecular complexity index is 1230. The zero-order valence-corrected chi connectivity index (χ0v) is 15.6. The second-order valence-corrected chi connectivity index (χ2v) is 6.71. The molecule has 27 heavy (non-hydrogen) atoms. The molecule has 0 fully saturated rings. The molecule has 0 spiro atoms. The van der Waals surface area contributed by atoms with Gasteiger partial charge in [-0.25, -0.2) is 0 Å². The van der Waals surface area contributed by atoms with Crippen molar-refractivity contribution in [2.45, 2.75) is 6.92 Å². The van der Waals surface area contributed by atoms with E-state index in [0.29, 0.717) is 16.3 Å². The molecule has 0 unspecified atom stereocenters. The molecule has 1 heterocycles. The first-order valence-corrected chi connectivity index (χ1v) is 8.81. The van der Waals surface area contributed by atoms with E-state index in [-0.39, 0.29) is 0 Å². The number of hydrogen-bond donors (Lipinski definition) is 1. The Hall–Kier alpha value is -3.29. The van der Waals surface area contributed by atoms with Gasteiger partial charge in [-0.1, -0.05) is 35.9 Å². The number of aryl methyl sites for hydroxylation is 1. The Balaban J connectivity index is 1.95. The summed E-state index contributed by atoms with van der Waals surface area (Å²) in [4.78, 5) is 4.47. The van der Waals surface area contributed by atoms with Crippen molar-refractivity contribution < 1.29 is 4.74 Å². The lowest BCUT2D eigenvalue weighted by Gasteiger charge is -2.16. The summed E-state index contributed by atoms with van der Waals surface area (Å²) >= 11 is 6.21. The smallest absolute Gasteiger partial charge is 0.139 e. The maximum atomic E-state index is 9.61. The third-order valence-corrected chi connectivity index (χ3v) is 4.91. The van der Waals surface area contributed by atoms with E-state index < -0.39 is 0 Å². The van der Waals surface area contributed by atoms with E-state index >= 15 is 0 Å². The second-order valence-electron chi connectivity index (χ2n) is 6.30. The number of anilines is 2. The number of rotatable bonds is 3. The topological polar surface area (TPSA) is 57.9 Å². The average Bonchev–Trinajstić information content (AvgIpc) is 2.68. The van der Waals surface area contributed by atoms with Gasteiger partial charge in [0.05, 0.1) is 28.9 Å². The van der Waals surface area contributed by atoms with Crippen LogP contribution in [0.25, 0.3) is 21.7 Å². The standard InChI is InChI=1S/C22H16ClN3O/c1-13-7-18(23)21(27-2)10-19(13)26-22-16(11-24)12-25-20-9-15-6-4-3-5-14(15)8-17(20)22/h3-10,12H,1-2H3,(H,25,26). The van der Waals surface area contributed by atoms with Gasteiger partial charge in [-0.05, 0) is 41.5 Å². The first-order valence-electron chi connectivity index (χ1n) is 8.43. The molecule has 0 aliphatic rings. The van der Waals surface area contributed by atoms with E-state index in [1.807, 2.05) is 43.3 Å². The Kier molecular flexibility index (Phi) is 4.31. The third-order valence-electron chi connectivity index (χ3n) is 4.61. The summed E-state index contributed by atoms with van der Waals surface area (Å²) in [6, 6.07) is 18.1. The lowest BCUT2D eigenvalue weighted by atomic mass is 10.0. The van der Waals surface area contributed by atoms with E-state index in [1.165, 1.54) is 0 Å². The molecule has 0 saturated heterocycles. The molecule has 4 aromatic rings. The normalized spacial score (nSPS) is 10.7. The van der Waals surface area contributed by atoms with Crippen molar-refractivity contribution in [2.24, 2.45) is 0 Å². The first-order chi connectivity index (χ1) is 13.1. The minimum absolute atomic E-state index is 0.478. The maximum Gasteiger partial charge on any atom is 0.139 e. The molecule has 4 nitrogen and oxygen atoms in total. The van der Waals surface area contributed by atoms with Gasteiger partial charge in [0.25, 0.3) is 0 Å². The number of pyridine rings is 1. The van der Waals surface area contributed by atoms with Crippen LogP contribution >= 0.6 is 11.6 Å². The van der Waals surface area contributed by atoms with Crippen LogP contribution in [0.2, 0.25) is 5.02 Å². The summed E-state index contributed by atoms with van der Waals surface area (Å²) in [6.45, 7) is 1.96. The molecule has 4 rings (SSSR count). The minimum atomic E-state index is 0.478. The highest BCUT2D eigenvalue weighted by Crippen LogP contribution is 2.36. The molecule has 0 aliphatic heterocycles. The molecule has 3 aromatic carbocycles. The Labute approximate surface area is 162 Å². The highest BCUT2D eigenvalue weighted by molar-refractivity contribution is 6.32. The summed E-state index contributed by atoms with van der Waals surface area (Å²) in [5.74, 6) is 0.576. The van der Waals surface area contributed by atoms with Crippen LogP contribution < -0.4 is 10.1 Å². The molecule has 0 bridgehead atoms. The fourth-order valence-electron chi connectivity index (χ4n) is 3.18. The van der Waals surface area contributed by atoms with Crippen molar-refractivity contribution in [3.05, 3.63) is 70.9 Å². The summed E-state index contributed by atoms with van der Waals surface area (Å²) in [5, 5.41) is 16.6. The van der Waals surface area contributed by atoms with E-state index in [2.05, 4.69) is 28.5 Å². The van der Waals surface area contributed by atoms with Gasteiger partial charge in [0.1, 0.15) is 11.8 Å². The molecule has 0 atom stereocenters. The number of halogens is 1. The molecular weight excluding hydrogens is 358 g/mol. The Morgan fingerprint density at radius 1 is 1.11 bits per heavy atom. The van der Waals surface area contributed by atoms with Crippen LogP contribution in [0.1, 0.15) is 11.1 Å². The predicted molar refractivity (Wildman–Crippen MR) is 110 cm³/mol. The Morgan fingerprint density at radius 3 is 2.56 bits per heavy atom. The van der Waals surface area contributed by atoms with Crippen LogP contribution in [0.3, 0.4) is 0 Å². The van der Waals surface area contributed by atoms with Gasteiger partial charge >= 0.3 is 0 Å². The maximum absolute atomic E-state index is 9.61.